The highest BCUT2D eigenvalue weighted by atomic mass is 19.2. The van der Waals surface area contributed by atoms with Gasteiger partial charge in [-0.05, 0) is 29.8 Å². The van der Waals surface area contributed by atoms with Gasteiger partial charge in [0.05, 0.1) is 0 Å². The molecule has 0 amide bonds. The van der Waals surface area contributed by atoms with E-state index in [1.807, 2.05) is 0 Å². The van der Waals surface area contributed by atoms with E-state index in [2.05, 4.69) is 9.97 Å². The molecule has 112 valence electrons. The number of anilines is 1. The van der Waals surface area contributed by atoms with Crippen LogP contribution in [0, 0.1) is 17.5 Å². The Balaban J connectivity index is 1.97. The minimum atomic E-state index is -0.899. The Hall–Kier alpha value is -2.63. The summed E-state index contributed by atoms with van der Waals surface area (Å²) in [5.41, 5.74) is 0.814. The van der Waals surface area contributed by atoms with Gasteiger partial charge in [0.1, 0.15) is 23.5 Å². The molecule has 1 heterocycles. The minimum Gasteiger partial charge on any atom is -0.355 e. The lowest BCUT2D eigenvalue weighted by atomic mass is 10.2. The Morgan fingerprint density at radius 2 is 1.77 bits per heavy atom. The number of para-hydroxylation sites is 1. The fourth-order valence-corrected chi connectivity index (χ4v) is 2.33. The van der Waals surface area contributed by atoms with Crippen LogP contribution < -0.4 is 4.90 Å². The van der Waals surface area contributed by atoms with E-state index in [0.29, 0.717) is 23.3 Å². The summed E-state index contributed by atoms with van der Waals surface area (Å²) in [6.07, 6.45) is 1.28. The quantitative estimate of drug-likeness (QED) is 0.739. The third-order valence-corrected chi connectivity index (χ3v) is 3.36. The van der Waals surface area contributed by atoms with Crippen LogP contribution in [0.15, 0.2) is 42.7 Å². The van der Waals surface area contributed by atoms with Crippen molar-refractivity contribution in [3.8, 4) is 0 Å². The molecule has 3 rings (SSSR count). The van der Waals surface area contributed by atoms with Crippen LogP contribution >= 0.6 is 0 Å². The Kier molecular flexibility index (Phi) is 3.66. The standard InChI is InChI=1S/C16H12F3N3/c1-22(8-10-5-6-12(17)14(19)7-10)16-11-3-2-4-13(18)15(11)20-9-21-16/h2-7,9H,8H2,1H3. The van der Waals surface area contributed by atoms with Crippen LogP contribution in [0.4, 0.5) is 19.0 Å². The minimum absolute atomic E-state index is 0.227. The Bertz CT molecular complexity index is 836. The highest BCUT2D eigenvalue weighted by molar-refractivity contribution is 5.89. The monoisotopic (exact) mass is 303 g/mol. The number of rotatable bonds is 3. The maximum atomic E-state index is 13.8. The van der Waals surface area contributed by atoms with E-state index in [9.17, 15) is 13.2 Å². The van der Waals surface area contributed by atoms with E-state index in [-0.39, 0.29) is 5.52 Å². The zero-order valence-corrected chi connectivity index (χ0v) is 11.7. The number of aromatic nitrogens is 2. The van der Waals surface area contributed by atoms with Crippen molar-refractivity contribution in [2.45, 2.75) is 6.54 Å². The van der Waals surface area contributed by atoms with Crippen molar-refractivity contribution in [1.82, 2.24) is 9.97 Å². The molecule has 3 nitrogen and oxygen atoms in total. The summed E-state index contributed by atoms with van der Waals surface area (Å²) in [7, 11) is 1.74. The van der Waals surface area contributed by atoms with E-state index in [1.54, 1.807) is 24.1 Å². The fraction of sp³-hybridized carbons (Fsp3) is 0.125. The SMILES string of the molecule is CN(Cc1ccc(F)c(F)c1)c1ncnc2c(F)cccc12. The van der Waals surface area contributed by atoms with Gasteiger partial charge in [-0.25, -0.2) is 23.1 Å². The second kappa shape index (κ2) is 5.63. The molecule has 0 bridgehead atoms. The average molecular weight is 303 g/mol. The summed E-state index contributed by atoms with van der Waals surface area (Å²) in [6.45, 7) is 0.305. The van der Waals surface area contributed by atoms with Crippen LogP contribution in [0.1, 0.15) is 5.56 Å². The molecule has 0 unspecified atom stereocenters. The predicted octanol–water partition coefficient (Wildman–Crippen LogP) is 3.68. The van der Waals surface area contributed by atoms with Crippen LogP contribution in [-0.4, -0.2) is 17.0 Å². The Morgan fingerprint density at radius 3 is 2.55 bits per heavy atom. The first-order chi connectivity index (χ1) is 10.6. The van der Waals surface area contributed by atoms with E-state index in [1.165, 1.54) is 18.5 Å². The first kappa shape index (κ1) is 14.3. The average Bonchev–Trinajstić information content (AvgIpc) is 2.51. The van der Waals surface area contributed by atoms with Crippen LogP contribution in [-0.2, 0) is 6.54 Å². The predicted molar refractivity (Wildman–Crippen MR) is 78.0 cm³/mol. The van der Waals surface area contributed by atoms with Gasteiger partial charge in [0.2, 0.25) is 0 Å². The molecular formula is C16H12F3N3. The topological polar surface area (TPSA) is 29.0 Å². The first-order valence-corrected chi connectivity index (χ1v) is 6.60. The lowest BCUT2D eigenvalue weighted by Crippen LogP contribution is -2.18. The summed E-state index contributed by atoms with van der Waals surface area (Å²) >= 11 is 0. The summed E-state index contributed by atoms with van der Waals surface area (Å²) in [5.74, 6) is -1.69. The van der Waals surface area contributed by atoms with Crippen molar-refractivity contribution in [2.24, 2.45) is 0 Å². The summed E-state index contributed by atoms with van der Waals surface area (Å²) in [4.78, 5) is 9.83. The van der Waals surface area contributed by atoms with Crippen molar-refractivity contribution < 1.29 is 13.2 Å². The van der Waals surface area contributed by atoms with Gasteiger partial charge in [0, 0.05) is 19.0 Å². The maximum Gasteiger partial charge on any atom is 0.159 e. The van der Waals surface area contributed by atoms with Crippen LogP contribution in [0.25, 0.3) is 10.9 Å². The third kappa shape index (κ3) is 2.59. The number of benzene rings is 2. The lowest BCUT2D eigenvalue weighted by Gasteiger charge is -2.19. The molecule has 22 heavy (non-hydrogen) atoms. The van der Waals surface area contributed by atoms with Gasteiger partial charge in [0.15, 0.2) is 11.6 Å². The lowest BCUT2D eigenvalue weighted by molar-refractivity contribution is 0.507. The fourth-order valence-electron chi connectivity index (χ4n) is 2.33. The molecule has 0 saturated heterocycles. The Labute approximate surface area is 125 Å². The number of hydrogen-bond acceptors (Lipinski definition) is 3. The molecular weight excluding hydrogens is 291 g/mol. The van der Waals surface area contributed by atoms with Crippen molar-refractivity contribution in [3.05, 3.63) is 65.7 Å². The Morgan fingerprint density at radius 1 is 0.955 bits per heavy atom. The molecule has 0 fully saturated rings. The zero-order valence-electron chi connectivity index (χ0n) is 11.7. The van der Waals surface area contributed by atoms with Gasteiger partial charge in [-0.2, -0.15) is 0 Å². The first-order valence-electron chi connectivity index (χ1n) is 6.60. The van der Waals surface area contributed by atoms with Gasteiger partial charge in [-0.15, -0.1) is 0 Å². The third-order valence-electron chi connectivity index (χ3n) is 3.36. The molecule has 3 aromatic rings. The molecule has 0 aliphatic carbocycles. The van der Waals surface area contributed by atoms with Crippen molar-refractivity contribution in [1.29, 1.82) is 0 Å². The molecule has 1 aromatic heterocycles. The van der Waals surface area contributed by atoms with Crippen LogP contribution in [0.2, 0.25) is 0 Å². The zero-order chi connectivity index (χ0) is 15.7. The van der Waals surface area contributed by atoms with E-state index >= 15 is 0 Å². The van der Waals surface area contributed by atoms with Gasteiger partial charge < -0.3 is 4.90 Å². The highest BCUT2D eigenvalue weighted by Gasteiger charge is 2.12. The van der Waals surface area contributed by atoms with Crippen LogP contribution in [0.5, 0.6) is 0 Å². The number of fused-ring (bicyclic) bond motifs is 1. The van der Waals surface area contributed by atoms with E-state index in [4.69, 9.17) is 0 Å². The summed E-state index contributed by atoms with van der Waals surface area (Å²) in [6, 6.07) is 8.34. The molecule has 0 aliphatic rings. The van der Waals surface area contributed by atoms with Gasteiger partial charge >= 0.3 is 0 Å². The van der Waals surface area contributed by atoms with E-state index in [0.717, 1.165) is 12.1 Å². The van der Waals surface area contributed by atoms with Crippen molar-refractivity contribution >= 4 is 16.7 Å². The molecule has 0 spiro atoms. The number of halogens is 3. The van der Waals surface area contributed by atoms with Crippen LogP contribution in [0.3, 0.4) is 0 Å². The molecule has 0 atom stereocenters. The molecule has 0 N–H and O–H groups in total. The molecule has 6 heteroatoms. The van der Waals surface area contributed by atoms with Gasteiger partial charge in [0.25, 0.3) is 0 Å². The smallest absolute Gasteiger partial charge is 0.159 e. The molecule has 0 saturated carbocycles. The number of hydrogen-bond donors (Lipinski definition) is 0. The molecule has 2 aromatic carbocycles. The van der Waals surface area contributed by atoms with E-state index < -0.39 is 17.5 Å². The summed E-state index contributed by atoms with van der Waals surface area (Å²) < 4.78 is 40.0. The normalized spacial score (nSPS) is 10.9. The molecule has 0 radical (unpaired) electrons. The second-order valence-electron chi connectivity index (χ2n) is 4.94. The maximum absolute atomic E-state index is 13.8. The highest BCUT2D eigenvalue weighted by Crippen LogP contribution is 2.25. The van der Waals surface area contributed by atoms with Crippen molar-refractivity contribution in [2.75, 3.05) is 11.9 Å². The second-order valence-corrected chi connectivity index (χ2v) is 4.94. The summed E-state index contributed by atoms with van der Waals surface area (Å²) in [5, 5.41) is 0.563. The van der Waals surface area contributed by atoms with Gasteiger partial charge in [-0.3, -0.25) is 0 Å². The van der Waals surface area contributed by atoms with Crippen molar-refractivity contribution in [3.63, 3.8) is 0 Å². The molecule has 0 aliphatic heterocycles. The van der Waals surface area contributed by atoms with Gasteiger partial charge in [-0.1, -0.05) is 12.1 Å². The number of nitrogens with zero attached hydrogens (tertiary/aromatic N) is 3. The largest absolute Gasteiger partial charge is 0.355 e.